The van der Waals surface area contributed by atoms with Crippen molar-refractivity contribution in [3.8, 4) is 22.4 Å². The summed E-state index contributed by atoms with van der Waals surface area (Å²) in [5.41, 5.74) is 11.7. The van der Waals surface area contributed by atoms with Crippen molar-refractivity contribution in [2.45, 2.75) is 18.4 Å². The molecule has 2 aromatic heterocycles. The minimum Gasteiger partial charge on any atom is -0.321 e. The van der Waals surface area contributed by atoms with Gasteiger partial charge in [0, 0.05) is 35.3 Å². The maximum Gasteiger partial charge on any atom is 0.0709 e. The van der Waals surface area contributed by atoms with E-state index in [0.717, 1.165) is 35.2 Å². The third-order valence-corrected chi connectivity index (χ3v) is 4.32. The number of nitrogens with zero attached hydrogens (tertiary/aromatic N) is 2. The summed E-state index contributed by atoms with van der Waals surface area (Å²) < 4.78 is 0. The quantitative estimate of drug-likeness (QED) is 0.798. The van der Waals surface area contributed by atoms with Gasteiger partial charge in [0.05, 0.1) is 5.69 Å². The highest BCUT2D eigenvalue weighted by Gasteiger charge is 2.39. The molecule has 0 bridgehead atoms. The Labute approximate surface area is 129 Å². The van der Waals surface area contributed by atoms with Crippen LogP contribution in [0.25, 0.3) is 22.4 Å². The van der Waals surface area contributed by atoms with Crippen molar-refractivity contribution in [2.24, 2.45) is 5.73 Å². The molecular weight excluding hydrogens is 270 g/mol. The molecule has 1 fully saturated rings. The summed E-state index contributed by atoms with van der Waals surface area (Å²) in [5.74, 6) is 0. The third-order valence-electron chi connectivity index (χ3n) is 4.32. The van der Waals surface area contributed by atoms with Gasteiger partial charge in [-0.25, -0.2) is 0 Å². The average molecular weight is 287 g/mol. The lowest BCUT2D eigenvalue weighted by Gasteiger charge is -2.12. The molecule has 1 aromatic carbocycles. The maximum absolute atomic E-state index is 6.26. The molecule has 0 spiro atoms. The van der Waals surface area contributed by atoms with Crippen LogP contribution >= 0.6 is 0 Å². The molecule has 0 aliphatic heterocycles. The number of pyridine rings is 2. The number of aromatic nitrogens is 2. The topological polar surface area (TPSA) is 51.8 Å². The standard InChI is InChI=1S/C19H17N3/c20-19(9-10-19)15-6-4-14(5-7-15)17-13-21-12-8-16(17)18-3-1-2-11-22-18/h1-8,11-13H,9-10,20H2. The van der Waals surface area contributed by atoms with Gasteiger partial charge >= 0.3 is 0 Å². The van der Waals surface area contributed by atoms with Gasteiger partial charge in [0.15, 0.2) is 0 Å². The van der Waals surface area contributed by atoms with Crippen LogP contribution in [0.1, 0.15) is 18.4 Å². The largest absolute Gasteiger partial charge is 0.321 e. The zero-order chi connectivity index (χ0) is 15.0. The number of benzene rings is 1. The van der Waals surface area contributed by atoms with E-state index in [2.05, 4.69) is 34.2 Å². The summed E-state index contributed by atoms with van der Waals surface area (Å²) in [6.07, 6.45) is 7.68. The van der Waals surface area contributed by atoms with E-state index in [-0.39, 0.29) is 5.54 Å². The summed E-state index contributed by atoms with van der Waals surface area (Å²) in [6.45, 7) is 0. The first kappa shape index (κ1) is 13.2. The number of nitrogens with two attached hydrogens (primary N) is 1. The van der Waals surface area contributed by atoms with Crippen molar-refractivity contribution in [1.82, 2.24) is 9.97 Å². The van der Waals surface area contributed by atoms with Crippen molar-refractivity contribution < 1.29 is 0 Å². The molecule has 4 rings (SSSR count). The van der Waals surface area contributed by atoms with E-state index in [4.69, 9.17) is 5.73 Å². The summed E-state index contributed by atoms with van der Waals surface area (Å²) in [6, 6.07) is 16.5. The predicted octanol–water partition coefficient (Wildman–Crippen LogP) is 3.76. The molecule has 108 valence electrons. The first-order valence-corrected chi connectivity index (χ1v) is 7.51. The zero-order valence-electron chi connectivity index (χ0n) is 12.2. The molecule has 3 aromatic rings. The van der Waals surface area contributed by atoms with Gasteiger partial charge in [0.2, 0.25) is 0 Å². The summed E-state index contributed by atoms with van der Waals surface area (Å²) in [5, 5.41) is 0. The Balaban J connectivity index is 1.77. The molecule has 22 heavy (non-hydrogen) atoms. The highest BCUT2D eigenvalue weighted by Crippen LogP contribution is 2.43. The van der Waals surface area contributed by atoms with Crippen molar-refractivity contribution in [1.29, 1.82) is 0 Å². The van der Waals surface area contributed by atoms with Crippen LogP contribution in [-0.4, -0.2) is 9.97 Å². The Morgan fingerprint density at radius 3 is 2.36 bits per heavy atom. The molecule has 2 heterocycles. The van der Waals surface area contributed by atoms with Gasteiger partial charge in [-0.1, -0.05) is 30.3 Å². The van der Waals surface area contributed by atoms with E-state index in [9.17, 15) is 0 Å². The fraction of sp³-hybridized carbons (Fsp3) is 0.158. The second-order valence-corrected chi connectivity index (χ2v) is 5.87. The maximum atomic E-state index is 6.26. The Hall–Kier alpha value is -2.52. The van der Waals surface area contributed by atoms with Crippen LogP contribution in [0.3, 0.4) is 0 Å². The minimum atomic E-state index is -0.0860. The number of hydrogen-bond donors (Lipinski definition) is 1. The van der Waals surface area contributed by atoms with Gasteiger partial charge in [-0.15, -0.1) is 0 Å². The van der Waals surface area contributed by atoms with Crippen LogP contribution < -0.4 is 5.73 Å². The van der Waals surface area contributed by atoms with Crippen LogP contribution in [0.4, 0.5) is 0 Å². The Morgan fingerprint density at radius 2 is 1.68 bits per heavy atom. The van der Waals surface area contributed by atoms with E-state index in [1.54, 1.807) is 6.20 Å². The summed E-state index contributed by atoms with van der Waals surface area (Å²) >= 11 is 0. The van der Waals surface area contributed by atoms with E-state index in [0.29, 0.717) is 0 Å². The fourth-order valence-electron chi connectivity index (χ4n) is 2.77. The van der Waals surface area contributed by atoms with Gasteiger partial charge in [-0.3, -0.25) is 9.97 Å². The van der Waals surface area contributed by atoms with E-state index in [1.807, 2.05) is 36.7 Å². The second-order valence-electron chi connectivity index (χ2n) is 5.87. The molecule has 0 unspecified atom stereocenters. The Kier molecular flexibility index (Phi) is 3.01. The van der Waals surface area contributed by atoms with Gasteiger partial charge in [0.1, 0.15) is 0 Å². The highest BCUT2D eigenvalue weighted by atomic mass is 14.8. The Morgan fingerprint density at radius 1 is 0.864 bits per heavy atom. The lowest BCUT2D eigenvalue weighted by atomic mass is 9.97. The monoisotopic (exact) mass is 287 g/mol. The van der Waals surface area contributed by atoms with Gasteiger partial charge < -0.3 is 5.73 Å². The molecule has 1 aliphatic carbocycles. The molecule has 3 heteroatoms. The average Bonchev–Trinajstić information content (AvgIpc) is 3.35. The van der Waals surface area contributed by atoms with E-state index in [1.165, 1.54) is 5.56 Å². The molecule has 2 N–H and O–H groups in total. The van der Waals surface area contributed by atoms with Crippen LogP contribution in [0.5, 0.6) is 0 Å². The minimum absolute atomic E-state index is 0.0860. The van der Waals surface area contributed by atoms with Crippen LogP contribution in [0.15, 0.2) is 67.1 Å². The molecular formula is C19H17N3. The lowest BCUT2D eigenvalue weighted by Crippen LogP contribution is -2.18. The van der Waals surface area contributed by atoms with Crippen molar-refractivity contribution in [3.63, 3.8) is 0 Å². The molecule has 1 saturated carbocycles. The lowest BCUT2D eigenvalue weighted by molar-refractivity contribution is 0.740. The zero-order valence-corrected chi connectivity index (χ0v) is 12.2. The predicted molar refractivity (Wildman–Crippen MR) is 88.0 cm³/mol. The summed E-state index contributed by atoms with van der Waals surface area (Å²) in [7, 11) is 0. The van der Waals surface area contributed by atoms with Crippen LogP contribution in [-0.2, 0) is 5.54 Å². The van der Waals surface area contributed by atoms with E-state index < -0.39 is 0 Å². The van der Waals surface area contributed by atoms with Crippen molar-refractivity contribution in [3.05, 3.63) is 72.7 Å². The normalized spacial score (nSPS) is 15.5. The number of rotatable bonds is 3. The Bertz CT molecular complexity index is 790. The van der Waals surface area contributed by atoms with Crippen molar-refractivity contribution in [2.75, 3.05) is 0 Å². The van der Waals surface area contributed by atoms with Gasteiger partial charge in [-0.05, 0) is 42.2 Å². The van der Waals surface area contributed by atoms with Crippen molar-refractivity contribution >= 4 is 0 Å². The number of hydrogen-bond acceptors (Lipinski definition) is 3. The molecule has 0 atom stereocenters. The molecule has 1 aliphatic rings. The molecule has 0 saturated heterocycles. The third kappa shape index (κ3) is 2.30. The fourth-order valence-corrected chi connectivity index (χ4v) is 2.77. The van der Waals surface area contributed by atoms with Gasteiger partial charge in [-0.2, -0.15) is 0 Å². The SMILES string of the molecule is NC1(c2ccc(-c3cnccc3-c3ccccn3)cc2)CC1. The molecule has 0 amide bonds. The second kappa shape index (κ2) is 5.04. The van der Waals surface area contributed by atoms with Gasteiger partial charge in [0.25, 0.3) is 0 Å². The first-order valence-electron chi connectivity index (χ1n) is 7.51. The van der Waals surface area contributed by atoms with Crippen LogP contribution in [0.2, 0.25) is 0 Å². The smallest absolute Gasteiger partial charge is 0.0709 e. The first-order chi connectivity index (χ1) is 10.8. The molecule has 3 nitrogen and oxygen atoms in total. The van der Waals surface area contributed by atoms with E-state index >= 15 is 0 Å². The molecule has 0 radical (unpaired) electrons. The highest BCUT2D eigenvalue weighted by molar-refractivity contribution is 5.81. The summed E-state index contributed by atoms with van der Waals surface area (Å²) in [4.78, 5) is 8.73. The van der Waals surface area contributed by atoms with Crippen LogP contribution in [0, 0.1) is 0 Å².